The highest BCUT2D eigenvalue weighted by Gasteiger charge is 2.10. The van der Waals surface area contributed by atoms with Crippen LogP contribution in [-0.4, -0.2) is 19.7 Å². The first-order chi connectivity index (χ1) is 12.3. The summed E-state index contributed by atoms with van der Waals surface area (Å²) in [6, 6.07) is 16.6. The van der Waals surface area contributed by atoms with E-state index in [2.05, 4.69) is 15.1 Å². The number of benzene rings is 2. The lowest BCUT2D eigenvalue weighted by molar-refractivity contribution is 0.242. The molecular formula is C18H14N4O3. The van der Waals surface area contributed by atoms with E-state index >= 15 is 0 Å². The molecule has 0 saturated carbocycles. The van der Waals surface area contributed by atoms with Gasteiger partial charge in [0.15, 0.2) is 12.4 Å². The summed E-state index contributed by atoms with van der Waals surface area (Å²) >= 11 is 0. The molecule has 0 aliphatic rings. The van der Waals surface area contributed by atoms with Crippen molar-refractivity contribution in [1.82, 2.24) is 19.7 Å². The second-order valence-electron chi connectivity index (χ2n) is 5.40. The summed E-state index contributed by atoms with van der Waals surface area (Å²) in [6.45, 7) is 0.355. The Hall–Kier alpha value is -3.48. The first kappa shape index (κ1) is 15.1. The molecule has 0 atom stereocenters. The van der Waals surface area contributed by atoms with Gasteiger partial charge in [-0.1, -0.05) is 35.5 Å². The van der Waals surface area contributed by atoms with Crippen LogP contribution in [0.2, 0.25) is 0 Å². The topological polar surface area (TPSA) is 83.0 Å². The lowest BCUT2D eigenvalue weighted by Crippen LogP contribution is -2.21. The Kier molecular flexibility index (Phi) is 3.96. The fraction of sp³-hybridized carbons (Fsp3) is 0.111. The summed E-state index contributed by atoms with van der Waals surface area (Å²) in [5, 5.41) is 4.45. The summed E-state index contributed by atoms with van der Waals surface area (Å²) in [7, 11) is 0. The van der Waals surface area contributed by atoms with Crippen molar-refractivity contribution >= 4 is 10.9 Å². The standard InChI is InChI=1S/C18H14N4O3/c23-18-14-8-4-5-9-15(14)19-12-22(18)10-16-20-17(25-21-16)11-24-13-6-2-1-3-7-13/h1-9,12H,10-11H2. The van der Waals surface area contributed by atoms with Crippen molar-refractivity contribution in [3.63, 3.8) is 0 Å². The van der Waals surface area contributed by atoms with Crippen LogP contribution >= 0.6 is 0 Å². The number of ether oxygens (including phenoxy) is 1. The minimum absolute atomic E-state index is 0.141. The molecule has 0 unspecified atom stereocenters. The lowest BCUT2D eigenvalue weighted by Gasteiger charge is -2.03. The quantitative estimate of drug-likeness (QED) is 0.557. The van der Waals surface area contributed by atoms with E-state index in [1.165, 1.54) is 10.9 Å². The van der Waals surface area contributed by atoms with Gasteiger partial charge in [-0.25, -0.2) is 4.98 Å². The Balaban J connectivity index is 1.50. The summed E-state index contributed by atoms with van der Waals surface area (Å²) in [5.74, 6) is 1.46. The molecule has 4 aromatic rings. The van der Waals surface area contributed by atoms with Crippen LogP contribution in [-0.2, 0) is 13.2 Å². The molecule has 7 heteroatoms. The van der Waals surface area contributed by atoms with Crippen molar-refractivity contribution < 1.29 is 9.26 Å². The molecule has 2 aromatic heterocycles. The average Bonchev–Trinajstić information content (AvgIpc) is 3.11. The van der Waals surface area contributed by atoms with Gasteiger partial charge in [-0.15, -0.1) is 0 Å². The van der Waals surface area contributed by atoms with Crippen LogP contribution in [0.4, 0.5) is 0 Å². The maximum atomic E-state index is 12.5. The van der Waals surface area contributed by atoms with E-state index in [0.29, 0.717) is 22.6 Å². The van der Waals surface area contributed by atoms with E-state index in [9.17, 15) is 4.79 Å². The highest BCUT2D eigenvalue weighted by molar-refractivity contribution is 5.76. The number of nitrogens with zero attached hydrogens (tertiary/aromatic N) is 4. The molecule has 7 nitrogen and oxygen atoms in total. The Morgan fingerprint density at radius 3 is 2.72 bits per heavy atom. The second-order valence-corrected chi connectivity index (χ2v) is 5.40. The maximum Gasteiger partial charge on any atom is 0.264 e. The van der Waals surface area contributed by atoms with Crippen molar-refractivity contribution in [3.05, 3.63) is 83.0 Å². The predicted molar refractivity (Wildman–Crippen MR) is 90.2 cm³/mol. The van der Waals surface area contributed by atoms with Gasteiger partial charge in [0.2, 0.25) is 0 Å². The summed E-state index contributed by atoms with van der Waals surface area (Å²) in [6.07, 6.45) is 1.49. The number of hydrogen-bond acceptors (Lipinski definition) is 6. The molecule has 0 amide bonds. The van der Waals surface area contributed by atoms with Crippen LogP contribution in [0.15, 0.2) is 70.2 Å². The second kappa shape index (κ2) is 6.56. The van der Waals surface area contributed by atoms with Gasteiger partial charge in [0, 0.05) is 0 Å². The Bertz CT molecular complexity index is 1060. The van der Waals surface area contributed by atoms with Gasteiger partial charge in [-0.2, -0.15) is 4.98 Å². The zero-order chi connectivity index (χ0) is 17.1. The number of fused-ring (bicyclic) bond motifs is 1. The molecule has 0 bridgehead atoms. The number of para-hydroxylation sites is 2. The fourth-order valence-corrected chi connectivity index (χ4v) is 2.45. The van der Waals surface area contributed by atoms with E-state index < -0.39 is 0 Å². The molecule has 0 N–H and O–H groups in total. The minimum Gasteiger partial charge on any atom is -0.484 e. The number of aromatic nitrogens is 4. The Labute approximate surface area is 142 Å². The molecule has 124 valence electrons. The van der Waals surface area contributed by atoms with E-state index in [4.69, 9.17) is 9.26 Å². The third kappa shape index (κ3) is 3.25. The van der Waals surface area contributed by atoms with Crippen LogP contribution in [0, 0.1) is 0 Å². The molecule has 4 rings (SSSR count). The third-order valence-corrected chi connectivity index (χ3v) is 3.66. The monoisotopic (exact) mass is 334 g/mol. The van der Waals surface area contributed by atoms with E-state index in [1.54, 1.807) is 12.1 Å². The third-order valence-electron chi connectivity index (χ3n) is 3.66. The predicted octanol–water partition coefficient (Wildman–Crippen LogP) is 2.41. The molecule has 0 spiro atoms. The van der Waals surface area contributed by atoms with Gasteiger partial charge in [-0.3, -0.25) is 9.36 Å². The van der Waals surface area contributed by atoms with Gasteiger partial charge in [-0.05, 0) is 24.3 Å². The van der Waals surface area contributed by atoms with Crippen molar-refractivity contribution in [3.8, 4) is 5.75 Å². The summed E-state index contributed by atoms with van der Waals surface area (Å²) in [4.78, 5) is 21.0. The molecule has 0 radical (unpaired) electrons. The Morgan fingerprint density at radius 1 is 1.04 bits per heavy atom. The van der Waals surface area contributed by atoms with Crippen LogP contribution in [0.3, 0.4) is 0 Å². The van der Waals surface area contributed by atoms with E-state index in [0.717, 1.165) is 5.75 Å². The molecule has 2 heterocycles. The van der Waals surface area contributed by atoms with E-state index in [1.807, 2.05) is 42.5 Å². The van der Waals surface area contributed by atoms with Gasteiger partial charge in [0.05, 0.1) is 23.8 Å². The molecular weight excluding hydrogens is 320 g/mol. The molecule has 0 fully saturated rings. The first-order valence-electron chi connectivity index (χ1n) is 7.73. The highest BCUT2D eigenvalue weighted by atomic mass is 16.5. The van der Waals surface area contributed by atoms with Gasteiger partial charge in [0.1, 0.15) is 5.75 Å². The normalized spacial score (nSPS) is 10.9. The summed E-state index contributed by atoms with van der Waals surface area (Å²) in [5.41, 5.74) is 0.520. The van der Waals surface area contributed by atoms with Gasteiger partial charge < -0.3 is 9.26 Å². The lowest BCUT2D eigenvalue weighted by atomic mass is 10.2. The Morgan fingerprint density at radius 2 is 1.84 bits per heavy atom. The van der Waals surface area contributed by atoms with Crippen LogP contribution in [0.25, 0.3) is 10.9 Å². The van der Waals surface area contributed by atoms with Gasteiger partial charge >= 0.3 is 0 Å². The molecule has 0 aliphatic carbocycles. The van der Waals surface area contributed by atoms with Crippen molar-refractivity contribution in [2.75, 3.05) is 0 Å². The molecule has 0 saturated heterocycles. The van der Waals surface area contributed by atoms with Crippen molar-refractivity contribution in [2.24, 2.45) is 0 Å². The molecule has 2 aromatic carbocycles. The van der Waals surface area contributed by atoms with Crippen LogP contribution < -0.4 is 10.3 Å². The first-order valence-corrected chi connectivity index (χ1v) is 7.73. The highest BCUT2D eigenvalue weighted by Crippen LogP contribution is 2.11. The number of hydrogen-bond donors (Lipinski definition) is 0. The minimum atomic E-state index is -0.141. The van der Waals surface area contributed by atoms with Gasteiger partial charge in [0.25, 0.3) is 11.4 Å². The van der Waals surface area contributed by atoms with E-state index in [-0.39, 0.29) is 18.7 Å². The van der Waals surface area contributed by atoms with Crippen molar-refractivity contribution in [2.45, 2.75) is 13.2 Å². The SMILES string of the molecule is O=c1c2ccccc2ncn1Cc1noc(COc2ccccc2)n1. The maximum absolute atomic E-state index is 12.5. The van der Waals surface area contributed by atoms with Crippen LogP contribution in [0.5, 0.6) is 5.75 Å². The average molecular weight is 334 g/mol. The molecule has 0 aliphatic heterocycles. The number of rotatable bonds is 5. The fourth-order valence-electron chi connectivity index (χ4n) is 2.45. The smallest absolute Gasteiger partial charge is 0.264 e. The van der Waals surface area contributed by atoms with Crippen LogP contribution in [0.1, 0.15) is 11.7 Å². The zero-order valence-corrected chi connectivity index (χ0v) is 13.2. The largest absolute Gasteiger partial charge is 0.484 e. The van der Waals surface area contributed by atoms with Crippen molar-refractivity contribution in [1.29, 1.82) is 0 Å². The zero-order valence-electron chi connectivity index (χ0n) is 13.2. The molecule has 25 heavy (non-hydrogen) atoms. The summed E-state index contributed by atoms with van der Waals surface area (Å²) < 4.78 is 12.2.